The summed E-state index contributed by atoms with van der Waals surface area (Å²) in [7, 11) is 1.58. The maximum Gasteiger partial charge on any atom is 0.263 e. The van der Waals surface area contributed by atoms with Gasteiger partial charge in [0.25, 0.3) is 11.8 Å². The molecule has 0 bridgehead atoms. The number of hydrogen-bond acceptors (Lipinski definition) is 3. The predicted molar refractivity (Wildman–Crippen MR) is 64.9 cm³/mol. The monoisotopic (exact) mass is 246 g/mol. The van der Waals surface area contributed by atoms with Crippen molar-refractivity contribution in [3.05, 3.63) is 35.4 Å². The average Bonchev–Trinajstić information content (AvgIpc) is 2.63. The second-order valence-corrected chi connectivity index (χ2v) is 4.17. The maximum absolute atomic E-state index is 12.0. The molecule has 0 saturated heterocycles. The van der Waals surface area contributed by atoms with Gasteiger partial charge in [-0.25, -0.2) is 0 Å². The molecule has 0 aromatic heterocycles. The molecule has 0 aliphatic carbocycles. The van der Waals surface area contributed by atoms with Gasteiger partial charge in [0.2, 0.25) is 5.91 Å². The highest BCUT2D eigenvalue weighted by atomic mass is 16.2. The normalized spacial score (nSPS) is 13.8. The molecular formula is C13H14N2O3. The second kappa shape index (κ2) is 4.60. The molecule has 5 nitrogen and oxygen atoms in total. The van der Waals surface area contributed by atoms with Crippen molar-refractivity contribution in [1.29, 1.82) is 0 Å². The van der Waals surface area contributed by atoms with Crippen molar-refractivity contribution in [3.8, 4) is 0 Å². The lowest BCUT2D eigenvalue weighted by atomic mass is 10.1. The summed E-state index contributed by atoms with van der Waals surface area (Å²) in [5.41, 5.74) is 0.805. The lowest BCUT2D eigenvalue weighted by Crippen LogP contribution is -2.41. The zero-order valence-corrected chi connectivity index (χ0v) is 10.3. The molecular weight excluding hydrogens is 232 g/mol. The smallest absolute Gasteiger partial charge is 0.263 e. The minimum absolute atomic E-state index is 0.000972. The molecule has 5 heteroatoms. The second-order valence-electron chi connectivity index (χ2n) is 4.17. The van der Waals surface area contributed by atoms with Gasteiger partial charge in [0, 0.05) is 13.5 Å². The van der Waals surface area contributed by atoms with E-state index in [-0.39, 0.29) is 24.4 Å². The van der Waals surface area contributed by atoms with Crippen LogP contribution in [0.2, 0.25) is 0 Å². The molecule has 2 rings (SSSR count). The van der Waals surface area contributed by atoms with Gasteiger partial charge in [0.1, 0.15) is 6.67 Å². The van der Waals surface area contributed by atoms with E-state index in [0.29, 0.717) is 17.5 Å². The third-order valence-corrected chi connectivity index (χ3v) is 2.96. The van der Waals surface area contributed by atoms with Crippen LogP contribution in [0.25, 0.3) is 0 Å². The fraction of sp³-hybridized carbons (Fsp3) is 0.308. The summed E-state index contributed by atoms with van der Waals surface area (Å²) >= 11 is 0. The summed E-state index contributed by atoms with van der Waals surface area (Å²) in [5.74, 6) is -0.788. The van der Waals surface area contributed by atoms with Gasteiger partial charge in [-0.3, -0.25) is 19.3 Å². The van der Waals surface area contributed by atoms with Gasteiger partial charge in [-0.05, 0) is 12.1 Å². The molecule has 0 atom stereocenters. The number of rotatable bonds is 3. The molecule has 18 heavy (non-hydrogen) atoms. The van der Waals surface area contributed by atoms with Crippen LogP contribution in [0.5, 0.6) is 0 Å². The van der Waals surface area contributed by atoms with Crippen molar-refractivity contribution >= 4 is 17.7 Å². The molecule has 94 valence electrons. The molecule has 1 aliphatic rings. The summed E-state index contributed by atoms with van der Waals surface area (Å²) in [4.78, 5) is 38.0. The first-order valence-corrected chi connectivity index (χ1v) is 5.75. The largest absolute Gasteiger partial charge is 0.327 e. The van der Waals surface area contributed by atoms with Gasteiger partial charge in [0.05, 0.1) is 11.1 Å². The zero-order valence-electron chi connectivity index (χ0n) is 10.3. The molecule has 0 N–H and O–H groups in total. The summed E-state index contributed by atoms with van der Waals surface area (Å²) < 4.78 is 0. The Kier molecular flexibility index (Phi) is 3.14. The molecule has 1 aliphatic heterocycles. The number of nitrogens with zero attached hydrogens (tertiary/aromatic N) is 2. The Morgan fingerprint density at radius 1 is 1.17 bits per heavy atom. The average molecular weight is 246 g/mol. The molecule has 3 amide bonds. The van der Waals surface area contributed by atoms with E-state index < -0.39 is 0 Å². The Hall–Kier alpha value is -2.17. The van der Waals surface area contributed by atoms with Crippen LogP contribution in [0.3, 0.4) is 0 Å². The number of fused-ring (bicyclic) bond motifs is 1. The van der Waals surface area contributed by atoms with Crippen molar-refractivity contribution in [2.24, 2.45) is 0 Å². The molecule has 1 heterocycles. The van der Waals surface area contributed by atoms with E-state index in [4.69, 9.17) is 0 Å². The summed E-state index contributed by atoms with van der Waals surface area (Å²) in [5, 5.41) is 0. The minimum atomic E-state index is -0.341. The molecule has 0 unspecified atom stereocenters. The zero-order chi connectivity index (χ0) is 13.3. The highest BCUT2D eigenvalue weighted by Gasteiger charge is 2.35. The highest BCUT2D eigenvalue weighted by Crippen LogP contribution is 2.22. The standard InChI is InChI=1S/C13H14N2O3/c1-3-11(16)14(2)8-15-12(17)9-6-4-5-7-10(9)13(15)18/h4-7H,3,8H2,1-2H3. The van der Waals surface area contributed by atoms with Crippen LogP contribution < -0.4 is 0 Å². The van der Waals surface area contributed by atoms with Gasteiger partial charge in [0.15, 0.2) is 0 Å². The van der Waals surface area contributed by atoms with Crippen molar-refractivity contribution in [1.82, 2.24) is 9.80 Å². The third-order valence-electron chi connectivity index (χ3n) is 2.96. The van der Waals surface area contributed by atoms with E-state index in [2.05, 4.69) is 0 Å². The molecule has 0 fully saturated rings. The Morgan fingerprint density at radius 2 is 1.67 bits per heavy atom. The summed E-state index contributed by atoms with van der Waals surface area (Å²) in [6.07, 6.45) is 0.347. The van der Waals surface area contributed by atoms with Gasteiger partial charge in [-0.2, -0.15) is 0 Å². The van der Waals surface area contributed by atoms with Gasteiger partial charge >= 0.3 is 0 Å². The summed E-state index contributed by atoms with van der Waals surface area (Å²) in [6, 6.07) is 6.68. The molecule has 0 spiro atoms. The van der Waals surface area contributed by atoms with Crippen LogP contribution in [-0.2, 0) is 4.79 Å². The van der Waals surface area contributed by atoms with E-state index in [0.717, 1.165) is 4.90 Å². The van der Waals surface area contributed by atoms with Crippen molar-refractivity contribution in [2.45, 2.75) is 13.3 Å². The number of carbonyl (C=O) groups excluding carboxylic acids is 3. The predicted octanol–water partition coefficient (Wildman–Crippen LogP) is 1.11. The van der Waals surface area contributed by atoms with E-state index >= 15 is 0 Å². The number of imide groups is 1. The maximum atomic E-state index is 12.0. The minimum Gasteiger partial charge on any atom is -0.327 e. The topological polar surface area (TPSA) is 57.7 Å². The molecule has 0 radical (unpaired) electrons. The Labute approximate surface area is 105 Å². The van der Waals surface area contributed by atoms with E-state index in [1.165, 1.54) is 4.90 Å². The van der Waals surface area contributed by atoms with Crippen LogP contribution >= 0.6 is 0 Å². The van der Waals surface area contributed by atoms with E-state index in [1.807, 2.05) is 0 Å². The van der Waals surface area contributed by atoms with Crippen LogP contribution in [0.15, 0.2) is 24.3 Å². The van der Waals surface area contributed by atoms with Gasteiger partial charge < -0.3 is 4.90 Å². The lowest BCUT2D eigenvalue weighted by Gasteiger charge is -2.22. The van der Waals surface area contributed by atoms with Gasteiger partial charge in [-0.15, -0.1) is 0 Å². The first-order chi connectivity index (χ1) is 8.56. The summed E-state index contributed by atoms with van der Waals surface area (Å²) in [6.45, 7) is 1.74. The third kappa shape index (κ3) is 1.88. The molecule has 1 aromatic rings. The van der Waals surface area contributed by atoms with E-state index in [1.54, 1.807) is 38.2 Å². The Balaban J connectivity index is 2.21. The fourth-order valence-corrected chi connectivity index (χ4v) is 1.93. The van der Waals surface area contributed by atoms with Crippen molar-refractivity contribution < 1.29 is 14.4 Å². The SMILES string of the molecule is CCC(=O)N(C)CN1C(=O)c2ccccc2C1=O. The first kappa shape index (κ1) is 12.3. The first-order valence-electron chi connectivity index (χ1n) is 5.75. The molecule has 0 saturated carbocycles. The fourth-order valence-electron chi connectivity index (χ4n) is 1.93. The Bertz CT molecular complexity index is 490. The van der Waals surface area contributed by atoms with Crippen LogP contribution in [0.1, 0.15) is 34.1 Å². The number of benzene rings is 1. The van der Waals surface area contributed by atoms with Crippen LogP contribution in [0, 0.1) is 0 Å². The quantitative estimate of drug-likeness (QED) is 0.751. The van der Waals surface area contributed by atoms with Crippen molar-refractivity contribution in [3.63, 3.8) is 0 Å². The number of amides is 3. The highest BCUT2D eigenvalue weighted by molar-refractivity contribution is 6.21. The Morgan fingerprint density at radius 3 is 2.11 bits per heavy atom. The van der Waals surface area contributed by atoms with Crippen LogP contribution in [-0.4, -0.2) is 41.2 Å². The van der Waals surface area contributed by atoms with Crippen molar-refractivity contribution in [2.75, 3.05) is 13.7 Å². The molecule has 1 aromatic carbocycles. The van der Waals surface area contributed by atoms with Crippen LogP contribution in [0.4, 0.5) is 0 Å². The van der Waals surface area contributed by atoms with E-state index in [9.17, 15) is 14.4 Å². The lowest BCUT2D eigenvalue weighted by molar-refractivity contribution is -0.130. The number of carbonyl (C=O) groups is 3. The number of hydrogen-bond donors (Lipinski definition) is 0. The van der Waals surface area contributed by atoms with Gasteiger partial charge in [-0.1, -0.05) is 19.1 Å².